The highest BCUT2D eigenvalue weighted by Crippen LogP contribution is 2.38. The highest BCUT2D eigenvalue weighted by molar-refractivity contribution is 6.31. The van der Waals surface area contributed by atoms with E-state index in [1.807, 2.05) is 18.2 Å². The number of hydrogen-bond donors (Lipinski definition) is 0. The van der Waals surface area contributed by atoms with Crippen LogP contribution in [0, 0.1) is 5.82 Å². The molecule has 0 spiro atoms. The number of aryl methyl sites for hydroxylation is 2. The van der Waals surface area contributed by atoms with Gasteiger partial charge in [0.15, 0.2) is 0 Å². The molecule has 1 aliphatic heterocycles. The molecule has 0 amide bonds. The van der Waals surface area contributed by atoms with Crippen molar-refractivity contribution in [1.82, 2.24) is 9.47 Å². The summed E-state index contributed by atoms with van der Waals surface area (Å²) in [6.45, 7) is 4.23. The van der Waals surface area contributed by atoms with Gasteiger partial charge < -0.3 is 4.57 Å². The lowest BCUT2D eigenvalue weighted by Gasteiger charge is -2.31. The Labute approximate surface area is 152 Å². The van der Waals surface area contributed by atoms with Gasteiger partial charge in [-0.25, -0.2) is 4.39 Å². The highest BCUT2D eigenvalue weighted by Gasteiger charge is 2.27. The first kappa shape index (κ1) is 16.6. The summed E-state index contributed by atoms with van der Waals surface area (Å²) in [5.41, 5.74) is 5.24. The van der Waals surface area contributed by atoms with Crippen molar-refractivity contribution in [2.45, 2.75) is 32.4 Å². The van der Waals surface area contributed by atoms with Crippen molar-refractivity contribution in [1.29, 1.82) is 0 Å². The Kier molecular flexibility index (Phi) is 4.30. The Bertz CT molecular complexity index is 914. The van der Waals surface area contributed by atoms with Gasteiger partial charge >= 0.3 is 0 Å². The largest absolute Gasteiger partial charge is 0.344 e. The number of nitrogens with zero attached hydrogens (tertiary/aromatic N) is 2. The molecule has 2 heterocycles. The molecule has 1 atom stereocenters. The fraction of sp³-hybridized carbons (Fsp3) is 0.333. The number of hydrogen-bond acceptors (Lipinski definition) is 1. The summed E-state index contributed by atoms with van der Waals surface area (Å²) in [5, 5.41) is 2.05. The number of rotatable bonds is 3. The summed E-state index contributed by atoms with van der Waals surface area (Å²) < 4.78 is 15.6. The second kappa shape index (κ2) is 6.47. The zero-order valence-electron chi connectivity index (χ0n) is 14.6. The van der Waals surface area contributed by atoms with Gasteiger partial charge in [-0.1, -0.05) is 23.7 Å². The van der Waals surface area contributed by atoms with Gasteiger partial charge in [0.1, 0.15) is 5.82 Å². The number of aromatic nitrogens is 1. The molecule has 2 aromatic carbocycles. The Morgan fingerprint density at radius 1 is 1.16 bits per heavy atom. The van der Waals surface area contributed by atoms with Crippen LogP contribution in [0.5, 0.6) is 0 Å². The van der Waals surface area contributed by atoms with E-state index in [4.69, 9.17) is 11.6 Å². The monoisotopic (exact) mass is 356 g/mol. The summed E-state index contributed by atoms with van der Waals surface area (Å²) >= 11 is 6.28. The van der Waals surface area contributed by atoms with E-state index in [-0.39, 0.29) is 5.82 Å². The minimum atomic E-state index is -0.181. The minimum Gasteiger partial charge on any atom is -0.344 e. The van der Waals surface area contributed by atoms with E-state index >= 15 is 0 Å². The quantitative estimate of drug-likeness (QED) is 0.624. The molecule has 2 nitrogen and oxygen atoms in total. The van der Waals surface area contributed by atoms with Crippen molar-refractivity contribution in [2.75, 3.05) is 13.6 Å². The molecule has 0 saturated carbocycles. The standard InChI is InChI=1S/C21H22ClFN2/c1-14-21-18-13-16(22)5-8-19(18)25(20(21)10-11-24(14)2)12-9-15-3-6-17(23)7-4-15/h3-8,13-14H,9-12H2,1-2H3/t14-/m1/s1. The van der Waals surface area contributed by atoms with Gasteiger partial charge in [-0.15, -0.1) is 0 Å². The number of likely N-dealkylation sites (N-methyl/N-ethyl adjacent to an activating group) is 1. The Hall–Kier alpha value is -1.84. The van der Waals surface area contributed by atoms with E-state index in [9.17, 15) is 4.39 Å². The van der Waals surface area contributed by atoms with Gasteiger partial charge in [-0.05, 0) is 61.9 Å². The predicted molar refractivity (Wildman–Crippen MR) is 102 cm³/mol. The smallest absolute Gasteiger partial charge is 0.123 e. The lowest BCUT2D eigenvalue weighted by Crippen LogP contribution is -2.31. The minimum absolute atomic E-state index is 0.181. The fourth-order valence-corrected chi connectivity index (χ4v) is 4.16. The van der Waals surface area contributed by atoms with Crippen molar-refractivity contribution in [3.63, 3.8) is 0 Å². The molecule has 0 unspecified atom stereocenters. The van der Waals surface area contributed by atoms with Gasteiger partial charge in [-0.3, -0.25) is 4.90 Å². The zero-order chi connectivity index (χ0) is 17.6. The van der Waals surface area contributed by atoms with E-state index in [0.29, 0.717) is 6.04 Å². The normalized spacial score (nSPS) is 17.8. The van der Waals surface area contributed by atoms with Crippen LogP contribution in [0.25, 0.3) is 10.9 Å². The van der Waals surface area contributed by atoms with Gasteiger partial charge in [0, 0.05) is 47.2 Å². The molecule has 1 aliphatic rings. The molecular weight excluding hydrogens is 335 g/mol. The zero-order valence-corrected chi connectivity index (χ0v) is 15.4. The molecular formula is C21H22ClFN2. The average molecular weight is 357 g/mol. The molecule has 1 aromatic heterocycles. The third-order valence-electron chi connectivity index (χ3n) is 5.49. The molecule has 130 valence electrons. The molecule has 0 saturated heterocycles. The summed E-state index contributed by atoms with van der Waals surface area (Å²) in [5.74, 6) is -0.181. The van der Waals surface area contributed by atoms with Gasteiger partial charge in [0.2, 0.25) is 0 Å². The van der Waals surface area contributed by atoms with Gasteiger partial charge in [0.25, 0.3) is 0 Å². The first-order valence-corrected chi connectivity index (χ1v) is 9.17. The van der Waals surface area contributed by atoms with Crippen LogP contribution in [0.15, 0.2) is 42.5 Å². The third kappa shape index (κ3) is 2.96. The highest BCUT2D eigenvalue weighted by atomic mass is 35.5. The summed E-state index contributed by atoms with van der Waals surface area (Å²) in [6, 6.07) is 13.4. The SMILES string of the molecule is C[C@@H]1c2c(n(CCc3ccc(F)cc3)c3ccc(Cl)cc23)CCN1C. The topological polar surface area (TPSA) is 8.17 Å². The predicted octanol–water partition coefficient (Wildman–Crippen LogP) is 5.23. The second-order valence-corrected chi connectivity index (χ2v) is 7.39. The second-order valence-electron chi connectivity index (χ2n) is 6.96. The van der Waals surface area contributed by atoms with Crippen molar-refractivity contribution in [3.8, 4) is 0 Å². The summed E-state index contributed by atoms with van der Waals surface area (Å²) in [7, 11) is 2.18. The maximum Gasteiger partial charge on any atom is 0.123 e. The number of halogens is 2. The molecule has 0 aliphatic carbocycles. The molecule has 0 bridgehead atoms. The first-order valence-electron chi connectivity index (χ1n) is 8.80. The number of fused-ring (bicyclic) bond motifs is 3. The van der Waals surface area contributed by atoms with Crippen LogP contribution >= 0.6 is 11.6 Å². The van der Waals surface area contributed by atoms with Crippen molar-refractivity contribution >= 4 is 22.5 Å². The summed E-state index contributed by atoms with van der Waals surface area (Å²) in [4.78, 5) is 2.40. The van der Waals surface area contributed by atoms with Crippen LogP contribution in [-0.4, -0.2) is 23.1 Å². The molecule has 0 fully saturated rings. The van der Waals surface area contributed by atoms with E-state index < -0.39 is 0 Å². The van der Waals surface area contributed by atoms with Gasteiger partial charge in [-0.2, -0.15) is 0 Å². The Balaban J connectivity index is 1.76. The lowest BCUT2D eigenvalue weighted by molar-refractivity contribution is 0.245. The van der Waals surface area contributed by atoms with Crippen LogP contribution in [0.3, 0.4) is 0 Å². The summed E-state index contributed by atoms with van der Waals surface area (Å²) in [6.07, 6.45) is 1.94. The van der Waals surface area contributed by atoms with E-state index in [1.165, 1.54) is 34.3 Å². The number of benzene rings is 2. The Morgan fingerprint density at radius 3 is 2.68 bits per heavy atom. The van der Waals surface area contributed by atoms with Crippen LogP contribution in [0.4, 0.5) is 4.39 Å². The van der Waals surface area contributed by atoms with Crippen LogP contribution in [0.1, 0.15) is 29.8 Å². The van der Waals surface area contributed by atoms with E-state index in [1.54, 1.807) is 0 Å². The van der Waals surface area contributed by atoms with Crippen molar-refractivity contribution in [2.24, 2.45) is 0 Å². The molecule has 0 N–H and O–H groups in total. The third-order valence-corrected chi connectivity index (χ3v) is 5.73. The van der Waals surface area contributed by atoms with E-state index in [0.717, 1.165) is 36.5 Å². The maximum absolute atomic E-state index is 13.1. The molecule has 25 heavy (non-hydrogen) atoms. The lowest BCUT2D eigenvalue weighted by atomic mass is 9.97. The van der Waals surface area contributed by atoms with Crippen LogP contribution in [0.2, 0.25) is 5.02 Å². The first-order chi connectivity index (χ1) is 12.0. The van der Waals surface area contributed by atoms with Crippen molar-refractivity contribution in [3.05, 3.63) is 70.1 Å². The van der Waals surface area contributed by atoms with Crippen LogP contribution < -0.4 is 0 Å². The molecule has 0 radical (unpaired) electrons. The fourth-order valence-electron chi connectivity index (χ4n) is 3.99. The van der Waals surface area contributed by atoms with Crippen LogP contribution in [-0.2, 0) is 19.4 Å². The Morgan fingerprint density at radius 2 is 1.92 bits per heavy atom. The molecule has 3 aromatic rings. The molecule has 4 rings (SSSR count). The van der Waals surface area contributed by atoms with Crippen molar-refractivity contribution < 1.29 is 4.39 Å². The maximum atomic E-state index is 13.1. The molecule has 4 heteroatoms. The van der Waals surface area contributed by atoms with E-state index in [2.05, 4.69) is 35.6 Å². The van der Waals surface area contributed by atoms with Gasteiger partial charge in [0.05, 0.1) is 0 Å². The average Bonchev–Trinajstić information content (AvgIpc) is 2.91.